The normalized spacial score (nSPS) is 13.4. The Morgan fingerprint density at radius 1 is 0.969 bits per heavy atom. The van der Waals surface area contributed by atoms with Crippen LogP contribution in [0.3, 0.4) is 0 Å². The SMILES string of the molecule is COC(=O)C1=C(C(=O)OC)N(c2ccc3oc(-c4ccc(Cl)c(Cl)c4)nc3c2)C=CC=C1. The number of allylic oxidation sites excluding steroid dienone is 2. The van der Waals surface area contributed by atoms with Gasteiger partial charge in [-0.05, 0) is 48.6 Å². The molecule has 0 unspecified atom stereocenters. The van der Waals surface area contributed by atoms with Crippen molar-refractivity contribution in [3.63, 3.8) is 0 Å². The number of hydrogen-bond donors (Lipinski definition) is 0. The molecule has 1 aromatic heterocycles. The Morgan fingerprint density at radius 3 is 2.47 bits per heavy atom. The molecule has 0 aliphatic carbocycles. The van der Waals surface area contributed by atoms with Crippen molar-refractivity contribution in [1.82, 2.24) is 4.98 Å². The minimum Gasteiger partial charge on any atom is -0.465 e. The lowest BCUT2D eigenvalue weighted by Gasteiger charge is -2.22. The highest BCUT2D eigenvalue weighted by atomic mass is 35.5. The molecule has 9 heteroatoms. The number of oxazole rings is 1. The number of nitrogens with zero attached hydrogens (tertiary/aromatic N) is 2. The fourth-order valence-corrected chi connectivity index (χ4v) is 3.48. The second-order valence-corrected chi connectivity index (χ2v) is 7.43. The zero-order valence-corrected chi connectivity index (χ0v) is 18.5. The molecule has 0 saturated carbocycles. The van der Waals surface area contributed by atoms with Gasteiger partial charge in [-0.2, -0.15) is 0 Å². The molecule has 1 aliphatic rings. The van der Waals surface area contributed by atoms with Crippen molar-refractivity contribution in [3.8, 4) is 11.5 Å². The number of rotatable bonds is 4. The Bertz CT molecular complexity index is 1320. The summed E-state index contributed by atoms with van der Waals surface area (Å²) < 4.78 is 15.6. The van der Waals surface area contributed by atoms with E-state index in [2.05, 4.69) is 4.98 Å². The van der Waals surface area contributed by atoms with Gasteiger partial charge in [0, 0.05) is 17.5 Å². The summed E-state index contributed by atoms with van der Waals surface area (Å²) in [4.78, 5) is 31.0. The van der Waals surface area contributed by atoms with Gasteiger partial charge in [0.2, 0.25) is 5.89 Å². The van der Waals surface area contributed by atoms with Crippen molar-refractivity contribution < 1.29 is 23.5 Å². The van der Waals surface area contributed by atoms with Crippen LogP contribution in [0.2, 0.25) is 10.0 Å². The fourth-order valence-electron chi connectivity index (χ4n) is 3.18. The minimum atomic E-state index is -0.696. The van der Waals surface area contributed by atoms with Crippen LogP contribution in [0.15, 0.2) is 76.5 Å². The Labute approximate surface area is 193 Å². The van der Waals surface area contributed by atoms with E-state index in [0.717, 1.165) is 0 Å². The van der Waals surface area contributed by atoms with Gasteiger partial charge in [0.15, 0.2) is 5.58 Å². The van der Waals surface area contributed by atoms with E-state index in [4.69, 9.17) is 37.1 Å². The molecular formula is C23H16Cl2N2O5. The van der Waals surface area contributed by atoms with Gasteiger partial charge in [0.1, 0.15) is 11.2 Å². The van der Waals surface area contributed by atoms with E-state index >= 15 is 0 Å². The molecular weight excluding hydrogens is 455 g/mol. The number of hydrogen-bond acceptors (Lipinski definition) is 7. The zero-order chi connectivity index (χ0) is 22.8. The molecule has 0 N–H and O–H groups in total. The van der Waals surface area contributed by atoms with Crippen LogP contribution in [-0.2, 0) is 19.1 Å². The largest absolute Gasteiger partial charge is 0.465 e. The highest BCUT2D eigenvalue weighted by molar-refractivity contribution is 6.42. The number of esters is 2. The van der Waals surface area contributed by atoms with Crippen LogP contribution >= 0.6 is 23.2 Å². The Kier molecular flexibility index (Phi) is 6.03. The van der Waals surface area contributed by atoms with Gasteiger partial charge >= 0.3 is 11.9 Å². The van der Waals surface area contributed by atoms with Gasteiger partial charge in [-0.1, -0.05) is 29.3 Å². The van der Waals surface area contributed by atoms with Crippen molar-refractivity contribution in [1.29, 1.82) is 0 Å². The monoisotopic (exact) mass is 470 g/mol. The van der Waals surface area contributed by atoms with E-state index in [1.165, 1.54) is 25.2 Å². The van der Waals surface area contributed by atoms with Crippen LogP contribution in [0.4, 0.5) is 5.69 Å². The summed E-state index contributed by atoms with van der Waals surface area (Å²) in [6, 6.07) is 10.3. The van der Waals surface area contributed by atoms with Crippen molar-refractivity contribution >= 4 is 51.9 Å². The highest BCUT2D eigenvalue weighted by Gasteiger charge is 2.27. The average Bonchev–Trinajstić information content (AvgIpc) is 3.10. The van der Waals surface area contributed by atoms with Gasteiger partial charge < -0.3 is 18.8 Å². The fraction of sp³-hybridized carbons (Fsp3) is 0.0870. The van der Waals surface area contributed by atoms with Crippen molar-refractivity contribution in [2.75, 3.05) is 19.1 Å². The number of fused-ring (bicyclic) bond motifs is 1. The van der Waals surface area contributed by atoms with Crippen molar-refractivity contribution in [2.24, 2.45) is 0 Å². The summed E-state index contributed by atoms with van der Waals surface area (Å²) in [5, 5.41) is 0.816. The smallest absolute Gasteiger partial charge is 0.355 e. The molecule has 0 bridgehead atoms. The maximum absolute atomic E-state index is 12.6. The standard InChI is InChI=1S/C23H16Cl2N2O5/c1-30-22(28)15-5-3-4-10-27(20(15)23(29)31-2)14-7-9-19-18(12-14)26-21(32-19)13-6-8-16(24)17(25)11-13/h3-12H,1-2H3. The number of methoxy groups -OCH3 is 2. The molecule has 0 spiro atoms. The molecule has 2 heterocycles. The van der Waals surface area contributed by atoms with Crippen LogP contribution in [0.1, 0.15) is 0 Å². The van der Waals surface area contributed by atoms with Gasteiger partial charge in [0.05, 0.1) is 29.8 Å². The number of benzene rings is 2. The molecule has 0 atom stereocenters. The maximum Gasteiger partial charge on any atom is 0.355 e. The lowest BCUT2D eigenvalue weighted by Crippen LogP contribution is -2.26. The maximum atomic E-state index is 12.6. The van der Waals surface area contributed by atoms with Gasteiger partial charge in [0.25, 0.3) is 0 Å². The third kappa shape index (κ3) is 4.00. The van der Waals surface area contributed by atoms with Crippen LogP contribution in [-0.4, -0.2) is 31.1 Å². The molecule has 32 heavy (non-hydrogen) atoms. The third-order valence-corrected chi connectivity index (χ3v) is 5.44. The predicted molar refractivity (Wildman–Crippen MR) is 121 cm³/mol. The van der Waals surface area contributed by atoms with Crippen LogP contribution in [0.5, 0.6) is 0 Å². The van der Waals surface area contributed by atoms with E-state index < -0.39 is 11.9 Å². The first-order valence-electron chi connectivity index (χ1n) is 9.34. The quantitative estimate of drug-likeness (QED) is 0.478. The van der Waals surface area contributed by atoms with Crippen LogP contribution < -0.4 is 4.90 Å². The number of aromatic nitrogens is 1. The number of ether oxygens (including phenoxy) is 2. The lowest BCUT2D eigenvalue weighted by atomic mass is 10.1. The van der Waals surface area contributed by atoms with Crippen LogP contribution in [0.25, 0.3) is 22.6 Å². The molecule has 2 aromatic carbocycles. The van der Waals surface area contributed by atoms with E-state index in [-0.39, 0.29) is 11.3 Å². The van der Waals surface area contributed by atoms with E-state index in [0.29, 0.717) is 38.3 Å². The van der Waals surface area contributed by atoms with Gasteiger partial charge in [-0.25, -0.2) is 14.6 Å². The molecule has 0 saturated heterocycles. The van der Waals surface area contributed by atoms with Crippen molar-refractivity contribution in [2.45, 2.75) is 0 Å². The summed E-state index contributed by atoms with van der Waals surface area (Å²) in [6.45, 7) is 0. The first-order valence-corrected chi connectivity index (χ1v) is 10.1. The molecule has 7 nitrogen and oxygen atoms in total. The summed E-state index contributed by atoms with van der Waals surface area (Å²) in [5.74, 6) is -0.999. The average molecular weight is 471 g/mol. The molecule has 0 radical (unpaired) electrons. The minimum absolute atomic E-state index is 0.0110. The second-order valence-electron chi connectivity index (χ2n) is 6.62. The number of anilines is 1. The number of carbonyl (C=O) groups excluding carboxylic acids is 2. The first-order chi connectivity index (χ1) is 15.4. The third-order valence-electron chi connectivity index (χ3n) is 4.71. The summed E-state index contributed by atoms with van der Waals surface area (Å²) in [5.41, 5.74) is 2.37. The number of carbonyl (C=O) groups is 2. The predicted octanol–water partition coefficient (Wildman–Crippen LogP) is 5.29. The van der Waals surface area contributed by atoms with E-state index in [1.807, 2.05) is 0 Å². The summed E-state index contributed by atoms with van der Waals surface area (Å²) in [6.07, 6.45) is 6.45. The molecule has 0 amide bonds. The molecule has 162 valence electrons. The van der Waals surface area contributed by atoms with Crippen LogP contribution in [0, 0.1) is 0 Å². The van der Waals surface area contributed by atoms with Gasteiger partial charge in [-0.3, -0.25) is 0 Å². The zero-order valence-electron chi connectivity index (χ0n) is 17.0. The lowest BCUT2D eigenvalue weighted by molar-refractivity contribution is -0.139. The highest BCUT2D eigenvalue weighted by Crippen LogP contribution is 2.33. The van der Waals surface area contributed by atoms with E-state index in [1.54, 1.807) is 54.8 Å². The Morgan fingerprint density at radius 2 is 1.75 bits per heavy atom. The Balaban J connectivity index is 1.81. The Hall–Kier alpha value is -3.55. The molecule has 0 fully saturated rings. The summed E-state index contributed by atoms with van der Waals surface area (Å²) >= 11 is 12.1. The van der Waals surface area contributed by atoms with Crippen molar-refractivity contribution in [3.05, 3.63) is 82.1 Å². The summed E-state index contributed by atoms with van der Waals surface area (Å²) in [7, 11) is 2.48. The second kappa shape index (κ2) is 8.90. The molecule has 4 rings (SSSR count). The van der Waals surface area contributed by atoms with Gasteiger partial charge in [-0.15, -0.1) is 0 Å². The first kappa shape index (κ1) is 21.7. The number of halogens is 2. The molecule has 1 aliphatic heterocycles. The van der Waals surface area contributed by atoms with E-state index in [9.17, 15) is 9.59 Å². The molecule has 3 aromatic rings. The topological polar surface area (TPSA) is 81.9 Å².